The van der Waals surface area contributed by atoms with Gasteiger partial charge in [-0.3, -0.25) is 0 Å². The standard InChI is InChI=1S/C12H13F2N3/c1-7(2)17-6-16-11(12(17)15)10-8(13)4-3-5-9(10)14/h3-7H,15H2,1-2H3. The van der Waals surface area contributed by atoms with Crippen molar-refractivity contribution in [2.75, 3.05) is 5.73 Å². The molecule has 3 nitrogen and oxygen atoms in total. The van der Waals surface area contributed by atoms with Crippen LogP contribution in [-0.4, -0.2) is 9.55 Å². The predicted octanol–water partition coefficient (Wildman–Crippen LogP) is 2.99. The zero-order chi connectivity index (χ0) is 12.6. The maximum absolute atomic E-state index is 13.6. The molecule has 90 valence electrons. The summed E-state index contributed by atoms with van der Waals surface area (Å²) in [5.74, 6) is -1.06. The molecule has 0 saturated carbocycles. The van der Waals surface area contributed by atoms with Crippen LogP contribution in [0.25, 0.3) is 11.3 Å². The second kappa shape index (κ2) is 4.16. The Morgan fingerprint density at radius 2 is 1.82 bits per heavy atom. The van der Waals surface area contributed by atoms with Gasteiger partial charge in [0.2, 0.25) is 0 Å². The fourth-order valence-corrected chi connectivity index (χ4v) is 1.70. The third-order valence-corrected chi connectivity index (χ3v) is 2.59. The molecule has 0 aliphatic rings. The lowest BCUT2D eigenvalue weighted by Gasteiger charge is -2.09. The molecule has 0 bridgehead atoms. The van der Waals surface area contributed by atoms with Crippen molar-refractivity contribution in [2.45, 2.75) is 19.9 Å². The fourth-order valence-electron chi connectivity index (χ4n) is 1.70. The molecule has 0 radical (unpaired) electrons. The molecule has 0 unspecified atom stereocenters. The molecule has 0 fully saturated rings. The average Bonchev–Trinajstić information content (AvgIpc) is 2.61. The Morgan fingerprint density at radius 3 is 2.29 bits per heavy atom. The van der Waals surface area contributed by atoms with E-state index in [9.17, 15) is 8.78 Å². The number of nitrogen functional groups attached to an aromatic ring is 1. The smallest absolute Gasteiger partial charge is 0.135 e. The Labute approximate surface area is 97.9 Å². The molecule has 0 aliphatic heterocycles. The minimum absolute atomic E-state index is 0.0890. The van der Waals surface area contributed by atoms with Crippen molar-refractivity contribution in [2.24, 2.45) is 0 Å². The van der Waals surface area contributed by atoms with Gasteiger partial charge in [-0.25, -0.2) is 13.8 Å². The second-order valence-corrected chi connectivity index (χ2v) is 4.08. The van der Waals surface area contributed by atoms with E-state index >= 15 is 0 Å². The maximum atomic E-state index is 13.6. The first-order valence-electron chi connectivity index (χ1n) is 5.29. The zero-order valence-corrected chi connectivity index (χ0v) is 9.61. The van der Waals surface area contributed by atoms with Crippen molar-refractivity contribution in [3.8, 4) is 11.3 Å². The van der Waals surface area contributed by atoms with Crippen molar-refractivity contribution in [3.63, 3.8) is 0 Å². The normalized spacial score (nSPS) is 11.1. The lowest BCUT2D eigenvalue weighted by atomic mass is 10.1. The van der Waals surface area contributed by atoms with Gasteiger partial charge in [0.05, 0.1) is 11.9 Å². The highest BCUT2D eigenvalue weighted by Gasteiger charge is 2.18. The summed E-state index contributed by atoms with van der Waals surface area (Å²) >= 11 is 0. The Hall–Kier alpha value is -1.91. The SMILES string of the molecule is CC(C)n1cnc(-c2c(F)cccc2F)c1N. The van der Waals surface area contributed by atoms with Crippen LogP contribution < -0.4 is 5.73 Å². The number of aromatic nitrogens is 2. The van der Waals surface area contributed by atoms with Crippen molar-refractivity contribution in [1.82, 2.24) is 9.55 Å². The van der Waals surface area contributed by atoms with Crippen LogP contribution in [0.5, 0.6) is 0 Å². The molecular formula is C12H13F2N3. The molecule has 0 amide bonds. The molecule has 2 N–H and O–H groups in total. The van der Waals surface area contributed by atoms with Gasteiger partial charge in [-0.2, -0.15) is 0 Å². The van der Waals surface area contributed by atoms with Gasteiger partial charge in [0.15, 0.2) is 0 Å². The summed E-state index contributed by atoms with van der Waals surface area (Å²) in [4.78, 5) is 3.99. The number of nitrogens with zero attached hydrogens (tertiary/aromatic N) is 2. The van der Waals surface area contributed by atoms with Crippen LogP contribution in [0.15, 0.2) is 24.5 Å². The van der Waals surface area contributed by atoms with E-state index in [1.165, 1.54) is 24.5 Å². The largest absolute Gasteiger partial charge is 0.383 e. The topological polar surface area (TPSA) is 43.8 Å². The van der Waals surface area contributed by atoms with E-state index in [1.807, 2.05) is 13.8 Å². The van der Waals surface area contributed by atoms with E-state index < -0.39 is 11.6 Å². The monoisotopic (exact) mass is 237 g/mol. The van der Waals surface area contributed by atoms with Crippen LogP contribution in [0.4, 0.5) is 14.6 Å². The predicted molar refractivity (Wildman–Crippen MR) is 62.4 cm³/mol. The molecule has 1 aromatic carbocycles. The third kappa shape index (κ3) is 1.88. The number of nitrogens with two attached hydrogens (primary N) is 1. The molecule has 2 aromatic rings. The third-order valence-electron chi connectivity index (χ3n) is 2.59. The Balaban J connectivity index is 2.62. The van der Waals surface area contributed by atoms with Crippen molar-refractivity contribution in [3.05, 3.63) is 36.2 Å². The fraction of sp³-hybridized carbons (Fsp3) is 0.250. The molecular weight excluding hydrogens is 224 g/mol. The van der Waals surface area contributed by atoms with E-state index in [-0.39, 0.29) is 23.1 Å². The summed E-state index contributed by atoms with van der Waals surface area (Å²) in [6, 6.07) is 3.77. The summed E-state index contributed by atoms with van der Waals surface area (Å²) in [6.45, 7) is 3.83. The van der Waals surface area contributed by atoms with E-state index in [0.29, 0.717) is 0 Å². The van der Waals surface area contributed by atoms with Gasteiger partial charge in [0, 0.05) is 6.04 Å². The van der Waals surface area contributed by atoms with Gasteiger partial charge in [0.1, 0.15) is 23.1 Å². The van der Waals surface area contributed by atoms with Crippen LogP contribution in [0.3, 0.4) is 0 Å². The van der Waals surface area contributed by atoms with Gasteiger partial charge in [-0.1, -0.05) is 6.07 Å². The minimum atomic E-state index is -0.661. The van der Waals surface area contributed by atoms with Crippen LogP contribution in [0, 0.1) is 11.6 Å². The first kappa shape index (κ1) is 11.6. The first-order chi connectivity index (χ1) is 8.02. The maximum Gasteiger partial charge on any atom is 0.135 e. The molecule has 0 aliphatic carbocycles. The number of hydrogen-bond donors (Lipinski definition) is 1. The zero-order valence-electron chi connectivity index (χ0n) is 9.61. The first-order valence-corrected chi connectivity index (χ1v) is 5.29. The summed E-state index contributed by atoms with van der Waals surface area (Å²) < 4.78 is 28.8. The molecule has 0 atom stereocenters. The second-order valence-electron chi connectivity index (χ2n) is 4.08. The highest BCUT2D eigenvalue weighted by molar-refractivity contribution is 5.71. The molecule has 5 heteroatoms. The van der Waals surface area contributed by atoms with Gasteiger partial charge >= 0.3 is 0 Å². The van der Waals surface area contributed by atoms with E-state index in [4.69, 9.17) is 5.73 Å². The summed E-state index contributed by atoms with van der Waals surface area (Å²) in [7, 11) is 0. The molecule has 2 rings (SSSR count). The van der Waals surface area contributed by atoms with Gasteiger partial charge in [-0.05, 0) is 26.0 Å². The van der Waals surface area contributed by atoms with Crippen LogP contribution in [0.2, 0.25) is 0 Å². The van der Waals surface area contributed by atoms with E-state index in [1.54, 1.807) is 4.57 Å². The summed E-state index contributed by atoms with van der Waals surface area (Å²) in [5, 5.41) is 0. The number of rotatable bonds is 2. The molecule has 1 heterocycles. The summed E-state index contributed by atoms with van der Waals surface area (Å²) in [5.41, 5.74) is 5.81. The van der Waals surface area contributed by atoms with E-state index in [2.05, 4.69) is 4.98 Å². The summed E-state index contributed by atoms with van der Waals surface area (Å²) in [6.07, 6.45) is 1.49. The Kier molecular flexibility index (Phi) is 2.83. The van der Waals surface area contributed by atoms with Gasteiger partial charge < -0.3 is 10.3 Å². The number of anilines is 1. The van der Waals surface area contributed by atoms with Crippen molar-refractivity contribution >= 4 is 5.82 Å². The van der Waals surface area contributed by atoms with Crippen LogP contribution in [-0.2, 0) is 0 Å². The Bertz CT molecular complexity index is 526. The molecule has 17 heavy (non-hydrogen) atoms. The number of halogens is 2. The highest BCUT2D eigenvalue weighted by Crippen LogP contribution is 2.30. The van der Waals surface area contributed by atoms with Gasteiger partial charge in [-0.15, -0.1) is 0 Å². The Morgan fingerprint density at radius 1 is 1.24 bits per heavy atom. The highest BCUT2D eigenvalue weighted by atomic mass is 19.1. The lowest BCUT2D eigenvalue weighted by Crippen LogP contribution is -2.04. The minimum Gasteiger partial charge on any atom is -0.383 e. The number of hydrogen-bond acceptors (Lipinski definition) is 2. The van der Waals surface area contributed by atoms with E-state index in [0.717, 1.165) is 0 Å². The van der Waals surface area contributed by atoms with Crippen LogP contribution in [0.1, 0.15) is 19.9 Å². The molecule has 0 spiro atoms. The molecule has 0 saturated heterocycles. The lowest BCUT2D eigenvalue weighted by molar-refractivity contribution is 0.588. The quantitative estimate of drug-likeness (QED) is 0.872. The van der Waals surface area contributed by atoms with Crippen LogP contribution >= 0.6 is 0 Å². The number of benzene rings is 1. The van der Waals surface area contributed by atoms with Gasteiger partial charge in [0.25, 0.3) is 0 Å². The number of imidazole rings is 1. The van der Waals surface area contributed by atoms with Crippen molar-refractivity contribution < 1.29 is 8.78 Å². The average molecular weight is 237 g/mol. The van der Waals surface area contributed by atoms with Crippen molar-refractivity contribution in [1.29, 1.82) is 0 Å². The molecule has 1 aromatic heterocycles.